The van der Waals surface area contributed by atoms with E-state index in [1.54, 1.807) is 16.8 Å². The van der Waals surface area contributed by atoms with Crippen LogP contribution in [0.5, 0.6) is 0 Å². The fraction of sp³-hybridized carbons (Fsp3) is 0.478. The van der Waals surface area contributed by atoms with E-state index < -0.39 is 6.51 Å². The standard InChI is InChI=1S/C18H16P.C5H5.Fe/c1-3-11-17(12-4-1)19(15-16-9-7-8-10-16)18-13-5-2-6-14-18;1-2-4-5-3-1;/h1-14H,15H2;1-5H;. The first-order chi connectivity index (χ1) is 12.1. The quantitative estimate of drug-likeness (QED) is 0.456. The Labute approximate surface area is 139 Å². The predicted octanol–water partition coefficient (Wildman–Crippen LogP) is 5.88. The molecule has 0 nitrogen and oxygen atoms in total. The van der Waals surface area contributed by atoms with Crippen molar-refractivity contribution in [2.75, 3.05) is 6.16 Å². The van der Waals surface area contributed by atoms with Gasteiger partial charge in [0.05, 0.1) is 0 Å². The van der Waals surface area contributed by atoms with Gasteiger partial charge < -0.3 is 0 Å². The Morgan fingerprint density at radius 1 is 0.640 bits per heavy atom. The molecule has 10 fully saturated rings. The van der Waals surface area contributed by atoms with E-state index in [9.17, 15) is 0 Å². The van der Waals surface area contributed by atoms with Crippen LogP contribution in [-0.4, -0.2) is 6.16 Å². The van der Waals surface area contributed by atoms with Crippen molar-refractivity contribution < 1.29 is 6.51 Å². The van der Waals surface area contributed by atoms with E-state index >= 15 is 0 Å². The zero-order valence-electron chi connectivity index (χ0n) is 14.0. The van der Waals surface area contributed by atoms with Crippen LogP contribution in [-0.2, 0) is 6.51 Å². The van der Waals surface area contributed by atoms with Crippen molar-refractivity contribution >= 4 is 18.5 Å². The molecule has 2 aromatic carbocycles. The third-order valence-electron chi connectivity index (χ3n) is 17.5. The molecule has 2 aromatic rings. The molecule has 4 atom stereocenters. The minimum absolute atomic E-state index is 0.122. The molecule has 10 heterocycles. The number of fused-ring (bicyclic) bond motifs is 10. The predicted molar refractivity (Wildman–Crippen MR) is 100 cm³/mol. The van der Waals surface area contributed by atoms with Gasteiger partial charge in [-0.05, 0) is 0 Å². The van der Waals surface area contributed by atoms with Crippen LogP contribution in [0.2, 0.25) is 47.7 Å². The molecule has 0 N–H and O–H groups in total. The summed E-state index contributed by atoms with van der Waals surface area (Å²) in [5.41, 5.74) is 0. The maximum atomic E-state index is 2.45. The summed E-state index contributed by atoms with van der Waals surface area (Å²) < 4.78 is 1.05. The van der Waals surface area contributed by atoms with Gasteiger partial charge in [0.2, 0.25) is 0 Å². The van der Waals surface area contributed by atoms with Crippen molar-refractivity contribution in [2.24, 2.45) is 0 Å². The molecule has 4 unspecified atom stereocenters. The van der Waals surface area contributed by atoms with Crippen LogP contribution in [0.1, 0.15) is 0 Å². The third-order valence-corrected chi connectivity index (χ3v) is 63.4. The summed E-state index contributed by atoms with van der Waals surface area (Å²) in [5.74, 6) is 0. The van der Waals surface area contributed by atoms with Crippen LogP contribution in [0.25, 0.3) is 0 Å². The second kappa shape index (κ2) is 1.24. The van der Waals surface area contributed by atoms with E-state index in [1.165, 1.54) is 43.3 Å². The molecular weight excluding hydrogens is 363 g/mol. The second-order valence-electron chi connectivity index (χ2n) is 13.1. The summed E-state index contributed by atoms with van der Waals surface area (Å²) >= 11 is 0. The Bertz CT molecular complexity index is 1330. The van der Waals surface area contributed by atoms with Gasteiger partial charge in [0.1, 0.15) is 0 Å². The normalized spacial score (nSPS) is 84.8. The molecule has 10 saturated heterocycles. The molecule has 0 saturated carbocycles. The van der Waals surface area contributed by atoms with Crippen molar-refractivity contribution in [3.63, 3.8) is 0 Å². The molecule has 0 amide bonds. The molecule has 1 spiro atoms. The van der Waals surface area contributed by atoms with Gasteiger partial charge in [0, 0.05) is 0 Å². The first kappa shape index (κ1) is 10.7. The first-order valence-corrected chi connectivity index (χ1v) is 18.0. The number of hydrogen-bond donors (Lipinski definition) is 0. The monoisotopic (exact) mass is 384 g/mol. The van der Waals surface area contributed by atoms with Crippen molar-refractivity contribution in [1.82, 2.24) is 0 Å². The molecule has 12 rings (SSSR count). The van der Waals surface area contributed by atoms with Gasteiger partial charge in [0.25, 0.3) is 0 Å². The Morgan fingerprint density at radius 3 is 1.40 bits per heavy atom. The van der Waals surface area contributed by atoms with Crippen molar-refractivity contribution in [2.45, 2.75) is 47.7 Å². The molecule has 10 aliphatic heterocycles. The molecule has 0 aromatic heterocycles. The topological polar surface area (TPSA) is 0 Å². The molecule has 0 radical (unpaired) electrons. The van der Waals surface area contributed by atoms with Gasteiger partial charge in [-0.25, -0.2) is 0 Å². The van der Waals surface area contributed by atoms with Crippen LogP contribution >= 0.6 is 7.92 Å². The zero-order valence-corrected chi connectivity index (χ0v) is 16.0. The average Bonchev–Trinajstić information content (AvgIpc) is 3.61. The Hall–Kier alpha value is -0.611. The van der Waals surface area contributed by atoms with E-state index in [1.807, 2.05) is 0 Å². The molecule has 0 aliphatic carbocycles. The summed E-state index contributed by atoms with van der Waals surface area (Å²) in [6.07, 6.45) is 1.64. The summed E-state index contributed by atoms with van der Waals surface area (Å²) in [7, 11) is -0.122. The van der Waals surface area contributed by atoms with Gasteiger partial charge in [-0.1, -0.05) is 0 Å². The Kier molecular flexibility index (Phi) is 0.527. The number of hydrogen-bond acceptors (Lipinski definition) is 0. The van der Waals surface area contributed by atoms with Crippen molar-refractivity contribution in [3.05, 3.63) is 60.7 Å². The molecule has 25 heavy (non-hydrogen) atoms. The number of benzene rings is 2. The van der Waals surface area contributed by atoms with E-state index in [0.717, 1.165) is 4.31 Å². The zero-order chi connectivity index (χ0) is 15.5. The van der Waals surface area contributed by atoms with Gasteiger partial charge in [-0.3, -0.25) is 0 Å². The fourth-order valence-corrected chi connectivity index (χ4v) is 99.2. The van der Waals surface area contributed by atoms with Gasteiger partial charge in [0.15, 0.2) is 0 Å². The third kappa shape index (κ3) is 0.184. The van der Waals surface area contributed by atoms with E-state index in [0.29, 0.717) is 0 Å². The summed E-state index contributed by atoms with van der Waals surface area (Å²) in [6, 6.07) is 23.3. The molecule has 0 bridgehead atoms. The van der Waals surface area contributed by atoms with Crippen molar-refractivity contribution in [3.8, 4) is 0 Å². The molecule has 2 heteroatoms. The van der Waals surface area contributed by atoms with Crippen LogP contribution in [0.4, 0.5) is 0 Å². The number of rotatable bonds is 4. The van der Waals surface area contributed by atoms with Gasteiger partial charge in [-0.15, -0.1) is 0 Å². The SMILES string of the molecule is c1ccc(P(C[C]23[CH]4[CH]5[CH]6[CH]2[Fe]56432789[CH]3[CH]2[CH]7[CH]8[CH]39)c2ccccc2)cc1. The van der Waals surface area contributed by atoms with Crippen LogP contribution in [0, 0.1) is 0 Å². The van der Waals surface area contributed by atoms with E-state index in [4.69, 9.17) is 0 Å². The van der Waals surface area contributed by atoms with Gasteiger partial charge in [-0.2, -0.15) is 0 Å². The minimum atomic E-state index is -2.93. The summed E-state index contributed by atoms with van der Waals surface area (Å²) in [6.45, 7) is -2.93. The first-order valence-electron chi connectivity index (χ1n) is 10.2. The molecule has 10 aliphatic rings. The average molecular weight is 384 g/mol. The Morgan fingerprint density at radius 2 is 1.08 bits per heavy atom. The maximum absolute atomic E-state index is 2.93. The molecular formula is C23H21FeP. The summed E-state index contributed by atoms with van der Waals surface area (Å²) in [4.78, 5) is 13.2. The Balaban J connectivity index is 1.16. The van der Waals surface area contributed by atoms with E-state index in [-0.39, 0.29) is 7.92 Å². The second-order valence-corrected chi connectivity index (χ2v) is 39.0. The van der Waals surface area contributed by atoms with Crippen molar-refractivity contribution in [1.29, 1.82) is 0 Å². The van der Waals surface area contributed by atoms with Crippen LogP contribution in [0.3, 0.4) is 0 Å². The van der Waals surface area contributed by atoms with Crippen LogP contribution in [0.15, 0.2) is 60.7 Å². The molecule has 126 valence electrons. The van der Waals surface area contributed by atoms with E-state index in [2.05, 4.69) is 60.7 Å². The van der Waals surface area contributed by atoms with Crippen LogP contribution < -0.4 is 10.6 Å². The summed E-state index contributed by atoms with van der Waals surface area (Å²) in [5, 5.41) is 3.33. The van der Waals surface area contributed by atoms with Gasteiger partial charge >= 0.3 is 140 Å². The fourth-order valence-electron chi connectivity index (χ4n) is 18.9.